The summed E-state index contributed by atoms with van der Waals surface area (Å²) < 4.78 is 0. The minimum atomic E-state index is 0.0572. The van der Waals surface area contributed by atoms with Crippen molar-refractivity contribution < 1.29 is 9.63 Å². The quantitative estimate of drug-likeness (QED) is 0.735. The lowest BCUT2D eigenvalue weighted by Gasteiger charge is -2.14. The topological polar surface area (TPSA) is 29.5 Å². The zero-order chi connectivity index (χ0) is 10.7. The van der Waals surface area contributed by atoms with Crippen molar-refractivity contribution in [1.82, 2.24) is 5.06 Å². The molecule has 1 aromatic carbocycles. The molecule has 0 atom stereocenters. The molecule has 1 aromatic rings. The summed E-state index contributed by atoms with van der Waals surface area (Å²) in [6.07, 6.45) is 1.38. The molecule has 0 N–H and O–H groups in total. The van der Waals surface area contributed by atoms with Gasteiger partial charge in [-0.3, -0.25) is 9.63 Å². The maximum atomic E-state index is 11.8. The van der Waals surface area contributed by atoms with E-state index in [1.165, 1.54) is 5.06 Å². The first kappa shape index (κ1) is 10.2. The molecule has 3 heteroatoms. The van der Waals surface area contributed by atoms with Crippen molar-refractivity contribution in [2.45, 2.75) is 19.8 Å². The summed E-state index contributed by atoms with van der Waals surface area (Å²) >= 11 is 0. The minimum absolute atomic E-state index is 0.0572. The third-order valence-corrected chi connectivity index (χ3v) is 2.63. The average molecular weight is 205 g/mol. The molecular formula is C12H15NO2. The summed E-state index contributed by atoms with van der Waals surface area (Å²) in [7, 11) is 0. The second kappa shape index (κ2) is 4.45. The van der Waals surface area contributed by atoms with Crippen LogP contribution in [-0.2, 0) is 16.1 Å². The first-order valence-electron chi connectivity index (χ1n) is 5.25. The van der Waals surface area contributed by atoms with Crippen LogP contribution in [0.2, 0.25) is 0 Å². The van der Waals surface area contributed by atoms with E-state index >= 15 is 0 Å². The Morgan fingerprint density at radius 1 is 1.47 bits per heavy atom. The molecule has 1 aliphatic rings. The van der Waals surface area contributed by atoms with Crippen molar-refractivity contribution in [2.75, 3.05) is 13.2 Å². The number of hydrogen-bond acceptors (Lipinski definition) is 2. The van der Waals surface area contributed by atoms with Gasteiger partial charge in [0, 0.05) is 0 Å². The minimum Gasteiger partial charge on any atom is -0.272 e. The lowest BCUT2D eigenvalue weighted by atomic mass is 10.1. The van der Waals surface area contributed by atoms with Gasteiger partial charge in [0.05, 0.1) is 19.6 Å². The number of carbonyl (C=O) groups excluding carboxylic acids is 1. The lowest BCUT2D eigenvalue weighted by Crippen LogP contribution is -2.28. The summed E-state index contributed by atoms with van der Waals surface area (Å²) in [4.78, 5) is 17.0. The van der Waals surface area contributed by atoms with Crippen LogP contribution in [0.3, 0.4) is 0 Å². The van der Waals surface area contributed by atoms with Crippen LogP contribution in [0.4, 0.5) is 0 Å². The maximum Gasteiger partial charge on any atom is 0.250 e. The van der Waals surface area contributed by atoms with Gasteiger partial charge in [0.15, 0.2) is 0 Å². The molecule has 1 heterocycles. The smallest absolute Gasteiger partial charge is 0.250 e. The molecule has 0 aliphatic carbocycles. The van der Waals surface area contributed by atoms with Gasteiger partial charge in [0.2, 0.25) is 0 Å². The van der Waals surface area contributed by atoms with Crippen molar-refractivity contribution in [3.8, 4) is 0 Å². The van der Waals surface area contributed by atoms with E-state index in [9.17, 15) is 4.79 Å². The number of carbonyl (C=O) groups is 1. The third-order valence-electron chi connectivity index (χ3n) is 2.63. The Kier molecular flexibility index (Phi) is 3.02. The van der Waals surface area contributed by atoms with E-state index in [1.54, 1.807) is 0 Å². The molecule has 1 amide bonds. The summed E-state index contributed by atoms with van der Waals surface area (Å²) in [6, 6.07) is 7.95. The Bertz CT molecular complexity index is 356. The Hall–Kier alpha value is -1.35. The summed E-state index contributed by atoms with van der Waals surface area (Å²) in [5, 5.41) is 1.48. The van der Waals surface area contributed by atoms with Crippen molar-refractivity contribution >= 4 is 5.91 Å². The first-order chi connectivity index (χ1) is 7.27. The van der Waals surface area contributed by atoms with Crippen LogP contribution in [-0.4, -0.2) is 24.1 Å². The van der Waals surface area contributed by atoms with E-state index in [0.717, 1.165) is 24.1 Å². The predicted octanol–water partition coefficient (Wildman–Crippen LogP) is 1.70. The van der Waals surface area contributed by atoms with Gasteiger partial charge >= 0.3 is 0 Å². The van der Waals surface area contributed by atoms with Crippen molar-refractivity contribution in [3.05, 3.63) is 35.4 Å². The van der Waals surface area contributed by atoms with E-state index in [4.69, 9.17) is 4.84 Å². The third kappa shape index (κ3) is 2.36. The van der Waals surface area contributed by atoms with Gasteiger partial charge in [-0.15, -0.1) is 0 Å². The maximum absolute atomic E-state index is 11.8. The predicted molar refractivity (Wildman–Crippen MR) is 57.2 cm³/mol. The van der Waals surface area contributed by atoms with E-state index in [1.807, 2.05) is 31.2 Å². The van der Waals surface area contributed by atoms with Gasteiger partial charge in [-0.05, 0) is 24.5 Å². The second-order valence-electron chi connectivity index (χ2n) is 3.79. The Balaban J connectivity index is 2.02. The van der Waals surface area contributed by atoms with Gasteiger partial charge in [0.1, 0.15) is 0 Å². The van der Waals surface area contributed by atoms with Crippen LogP contribution < -0.4 is 0 Å². The molecule has 1 fully saturated rings. The Morgan fingerprint density at radius 3 is 2.93 bits per heavy atom. The highest BCUT2D eigenvalue weighted by Crippen LogP contribution is 2.12. The van der Waals surface area contributed by atoms with Crippen molar-refractivity contribution in [2.24, 2.45) is 0 Å². The number of hydroxylamine groups is 2. The van der Waals surface area contributed by atoms with Gasteiger partial charge < -0.3 is 0 Å². The molecular weight excluding hydrogens is 190 g/mol. The van der Waals surface area contributed by atoms with Crippen molar-refractivity contribution in [3.63, 3.8) is 0 Å². The molecule has 0 aromatic heterocycles. The van der Waals surface area contributed by atoms with E-state index in [0.29, 0.717) is 13.0 Å². The zero-order valence-corrected chi connectivity index (χ0v) is 8.90. The Labute approximate surface area is 89.6 Å². The monoisotopic (exact) mass is 205 g/mol. The Morgan fingerprint density at radius 2 is 2.27 bits per heavy atom. The van der Waals surface area contributed by atoms with Crippen LogP contribution in [0.15, 0.2) is 24.3 Å². The molecule has 0 spiro atoms. The average Bonchev–Trinajstić information content (AvgIpc) is 2.74. The molecule has 0 bridgehead atoms. The largest absolute Gasteiger partial charge is 0.272 e. The lowest BCUT2D eigenvalue weighted by molar-refractivity contribution is -0.167. The van der Waals surface area contributed by atoms with Crippen molar-refractivity contribution in [1.29, 1.82) is 0 Å². The number of aryl methyl sites for hydroxylation is 1. The highest BCUT2D eigenvalue weighted by Gasteiger charge is 2.19. The fraction of sp³-hybridized carbons (Fsp3) is 0.417. The van der Waals surface area contributed by atoms with Crippen LogP contribution in [0.25, 0.3) is 0 Å². The molecule has 0 radical (unpaired) electrons. The second-order valence-corrected chi connectivity index (χ2v) is 3.79. The summed E-state index contributed by atoms with van der Waals surface area (Å²) in [5.41, 5.74) is 2.24. The fourth-order valence-corrected chi connectivity index (χ4v) is 1.70. The number of amides is 1. The van der Waals surface area contributed by atoms with E-state index in [2.05, 4.69) is 0 Å². The number of rotatable bonds is 2. The van der Waals surface area contributed by atoms with E-state index < -0.39 is 0 Å². The molecule has 80 valence electrons. The molecule has 0 unspecified atom stereocenters. The first-order valence-corrected chi connectivity index (χ1v) is 5.25. The molecule has 1 aliphatic heterocycles. The highest BCUT2D eigenvalue weighted by molar-refractivity contribution is 5.78. The fourth-order valence-electron chi connectivity index (χ4n) is 1.70. The van der Waals surface area contributed by atoms with Gasteiger partial charge in [0.25, 0.3) is 5.91 Å². The summed E-state index contributed by atoms with van der Waals surface area (Å²) in [5.74, 6) is 0.0572. The van der Waals surface area contributed by atoms with Gasteiger partial charge in [-0.2, -0.15) is 0 Å². The standard InChI is InChI=1S/C12H15NO2/c1-10-5-2-3-6-11(10)9-12(14)13-7-4-8-15-13/h2-3,5-6H,4,7-9H2,1H3. The van der Waals surface area contributed by atoms with Gasteiger partial charge in [-0.25, -0.2) is 5.06 Å². The molecule has 3 nitrogen and oxygen atoms in total. The zero-order valence-electron chi connectivity index (χ0n) is 8.90. The van der Waals surface area contributed by atoms with Crippen LogP contribution in [0, 0.1) is 6.92 Å². The summed E-state index contributed by atoms with van der Waals surface area (Å²) in [6.45, 7) is 3.41. The molecule has 0 saturated carbocycles. The number of hydrogen-bond donors (Lipinski definition) is 0. The number of benzene rings is 1. The van der Waals surface area contributed by atoms with Gasteiger partial charge in [-0.1, -0.05) is 24.3 Å². The van der Waals surface area contributed by atoms with Crippen LogP contribution >= 0.6 is 0 Å². The normalized spacial score (nSPS) is 15.7. The molecule has 2 rings (SSSR count). The molecule has 15 heavy (non-hydrogen) atoms. The van der Waals surface area contributed by atoms with Crippen LogP contribution in [0.1, 0.15) is 17.5 Å². The van der Waals surface area contributed by atoms with E-state index in [-0.39, 0.29) is 5.91 Å². The SMILES string of the molecule is Cc1ccccc1CC(=O)N1CCCO1. The van der Waals surface area contributed by atoms with Crippen LogP contribution in [0.5, 0.6) is 0 Å². The number of nitrogens with zero attached hydrogens (tertiary/aromatic N) is 1. The highest BCUT2D eigenvalue weighted by atomic mass is 16.7. The molecule has 1 saturated heterocycles.